The Morgan fingerprint density at radius 3 is 2.20 bits per heavy atom. The number of rotatable bonds is 5. The Morgan fingerprint density at radius 2 is 1.46 bits per heavy atom. The number of fused-ring (bicyclic) bond motifs is 1. The van der Waals surface area contributed by atoms with E-state index in [1.165, 1.54) is 12.1 Å². The summed E-state index contributed by atoms with van der Waals surface area (Å²) in [5.41, 5.74) is 3.94. The second-order valence-corrected chi connectivity index (χ2v) is 9.50. The standard InChI is InChI=1S/C28H18N2O4S/c29-18-19-10-12-20(13-11-19)22-14-15-23-17-26(34-25(23)16-22)28(31)30-35(32,33)27-9-5-4-8-24(27)21-6-2-1-3-7-21/h1-17H,(H,30,31). The molecule has 1 aromatic heterocycles. The lowest BCUT2D eigenvalue weighted by Crippen LogP contribution is -2.30. The molecule has 5 aromatic rings. The Bertz CT molecular complexity index is 1700. The van der Waals surface area contributed by atoms with Crippen LogP contribution in [0, 0.1) is 11.3 Å². The number of hydrogen-bond acceptors (Lipinski definition) is 5. The van der Waals surface area contributed by atoms with E-state index in [9.17, 15) is 13.2 Å². The zero-order valence-corrected chi connectivity index (χ0v) is 19.1. The second-order valence-electron chi connectivity index (χ2n) is 7.85. The van der Waals surface area contributed by atoms with Gasteiger partial charge < -0.3 is 4.42 Å². The quantitative estimate of drug-likeness (QED) is 0.346. The first kappa shape index (κ1) is 22.1. The monoisotopic (exact) mass is 478 g/mol. The van der Waals surface area contributed by atoms with E-state index in [4.69, 9.17) is 9.68 Å². The Balaban J connectivity index is 1.43. The van der Waals surface area contributed by atoms with Crippen molar-refractivity contribution < 1.29 is 17.6 Å². The molecule has 0 aliphatic carbocycles. The van der Waals surface area contributed by atoms with E-state index in [-0.39, 0.29) is 10.7 Å². The maximum Gasteiger partial charge on any atom is 0.300 e. The predicted octanol–water partition coefficient (Wildman–Crippen LogP) is 5.76. The van der Waals surface area contributed by atoms with Crippen molar-refractivity contribution in [2.45, 2.75) is 4.90 Å². The number of nitrogens with one attached hydrogen (secondary N) is 1. The minimum atomic E-state index is -4.17. The summed E-state index contributed by atoms with van der Waals surface area (Å²) in [4.78, 5) is 12.9. The molecule has 0 unspecified atom stereocenters. The van der Waals surface area contributed by atoms with Crippen molar-refractivity contribution >= 4 is 26.9 Å². The predicted molar refractivity (Wildman–Crippen MR) is 133 cm³/mol. The molecule has 5 rings (SSSR count). The van der Waals surface area contributed by atoms with E-state index >= 15 is 0 Å². The smallest absolute Gasteiger partial charge is 0.300 e. The third-order valence-electron chi connectivity index (χ3n) is 5.58. The van der Waals surface area contributed by atoms with Crippen LogP contribution in [-0.2, 0) is 10.0 Å². The highest BCUT2D eigenvalue weighted by molar-refractivity contribution is 7.90. The zero-order chi connectivity index (χ0) is 24.4. The summed E-state index contributed by atoms with van der Waals surface area (Å²) < 4.78 is 34.1. The molecule has 1 N–H and O–H groups in total. The molecule has 0 aliphatic heterocycles. The van der Waals surface area contributed by atoms with Gasteiger partial charge in [0, 0.05) is 10.9 Å². The number of hydrogen-bond donors (Lipinski definition) is 1. The van der Waals surface area contributed by atoms with Gasteiger partial charge in [0.2, 0.25) is 0 Å². The van der Waals surface area contributed by atoms with Crippen molar-refractivity contribution in [1.82, 2.24) is 4.72 Å². The van der Waals surface area contributed by atoms with E-state index in [2.05, 4.69) is 10.8 Å². The Kier molecular flexibility index (Phi) is 5.65. The van der Waals surface area contributed by atoms with E-state index in [0.29, 0.717) is 22.1 Å². The Labute approximate surface area is 202 Å². The fourth-order valence-electron chi connectivity index (χ4n) is 3.84. The van der Waals surface area contributed by atoms with Crippen LogP contribution >= 0.6 is 0 Å². The number of benzene rings is 4. The van der Waals surface area contributed by atoms with Crippen molar-refractivity contribution in [2.75, 3.05) is 0 Å². The SMILES string of the molecule is N#Cc1ccc(-c2ccc3cc(C(=O)NS(=O)(=O)c4ccccc4-c4ccccc4)oc3c2)cc1. The van der Waals surface area contributed by atoms with Gasteiger partial charge in [-0.3, -0.25) is 4.79 Å². The van der Waals surface area contributed by atoms with Crippen LogP contribution in [0.1, 0.15) is 16.1 Å². The lowest BCUT2D eigenvalue weighted by molar-refractivity contribution is 0.0956. The molecule has 0 saturated heterocycles. The summed E-state index contributed by atoms with van der Waals surface area (Å²) in [7, 11) is -4.17. The normalized spacial score (nSPS) is 11.2. The third kappa shape index (κ3) is 4.43. The molecule has 0 atom stereocenters. The van der Waals surface area contributed by atoms with Gasteiger partial charge in [-0.15, -0.1) is 0 Å². The first-order valence-corrected chi connectivity index (χ1v) is 12.2. The van der Waals surface area contributed by atoms with E-state index < -0.39 is 15.9 Å². The molecular formula is C28H18N2O4S. The van der Waals surface area contributed by atoms with Crippen LogP contribution in [0.15, 0.2) is 112 Å². The largest absolute Gasteiger partial charge is 0.451 e. The fraction of sp³-hybridized carbons (Fsp3) is 0. The summed E-state index contributed by atoms with van der Waals surface area (Å²) >= 11 is 0. The average Bonchev–Trinajstić information content (AvgIpc) is 3.33. The molecule has 0 aliphatic rings. The number of furan rings is 1. The number of amides is 1. The minimum absolute atomic E-state index is 0.00115. The van der Waals surface area contributed by atoms with Crippen molar-refractivity contribution in [1.29, 1.82) is 5.26 Å². The van der Waals surface area contributed by atoms with Crippen LogP contribution in [0.25, 0.3) is 33.2 Å². The molecule has 1 heterocycles. The summed E-state index contributed by atoms with van der Waals surface area (Å²) in [5.74, 6) is -0.971. The summed E-state index contributed by atoms with van der Waals surface area (Å²) in [6.45, 7) is 0. The van der Waals surface area contributed by atoms with Crippen LogP contribution in [0.5, 0.6) is 0 Å². The van der Waals surface area contributed by atoms with Crippen molar-refractivity contribution in [2.24, 2.45) is 0 Å². The molecule has 4 aromatic carbocycles. The molecule has 0 spiro atoms. The lowest BCUT2D eigenvalue weighted by Gasteiger charge is -2.11. The number of nitrogens with zero attached hydrogens (tertiary/aromatic N) is 1. The highest BCUT2D eigenvalue weighted by Crippen LogP contribution is 2.29. The first-order valence-electron chi connectivity index (χ1n) is 10.7. The second kappa shape index (κ2) is 8.93. The third-order valence-corrected chi connectivity index (χ3v) is 6.97. The highest BCUT2D eigenvalue weighted by Gasteiger charge is 2.24. The number of nitriles is 1. The van der Waals surface area contributed by atoms with E-state index in [1.54, 1.807) is 54.6 Å². The molecule has 0 radical (unpaired) electrons. The van der Waals surface area contributed by atoms with Crippen molar-refractivity contribution in [3.05, 3.63) is 114 Å². The number of carbonyl (C=O) groups is 1. The highest BCUT2D eigenvalue weighted by atomic mass is 32.2. The van der Waals surface area contributed by atoms with Gasteiger partial charge in [0.05, 0.1) is 16.5 Å². The van der Waals surface area contributed by atoms with Gasteiger partial charge in [-0.05, 0) is 47.0 Å². The Morgan fingerprint density at radius 1 is 0.771 bits per heavy atom. The summed E-state index contributed by atoms with van der Waals surface area (Å²) in [6.07, 6.45) is 0. The molecule has 0 bridgehead atoms. The minimum Gasteiger partial charge on any atom is -0.451 e. The molecule has 0 saturated carbocycles. The maximum atomic E-state index is 13.1. The fourth-order valence-corrected chi connectivity index (χ4v) is 5.03. The van der Waals surface area contributed by atoms with E-state index in [1.807, 2.05) is 36.4 Å². The molecule has 0 fully saturated rings. The van der Waals surface area contributed by atoms with Crippen molar-refractivity contribution in [3.63, 3.8) is 0 Å². The summed E-state index contributed by atoms with van der Waals surface area (Å²) in [5, 5.41) is 9.64. The van der Waals surface area contributed by atoms with Gasteiger partial charge in [-0.2, -0.15) is 5.26 Å². The van der Waals surface area contributed by atoms with Gasteiger partial charge in [-0.1, -0.05) is 72.8 Å². The van der Waals surface area contributed by atoms with Crippen molar-refractivity contribution in [3.8, 4) is 28.3 Å². The zero-order valence-electron chi connectivity index (χ0n) is 18.3. The van der Waals surface area contributed by atoms with Gasteiger partial charge in [0.1, 0.15) is 5.58 Å². The van der Waals surface area contributed by atoms with E-state index in [0.717, 1.165) is 16.7 Å². The van der Waals surface area contributed by atoms with Gasteiger partial charge in [0.25, 0.3) is 10.0 Å². The summed E-state index contributed by atoms with van der Waals surface area (Å²) in [6, 6.07) is 31.7. The van der Waals surface area contributed by atoms with Crippen LogP contribution in [0.2, 0.25) is 0 Å². The molecule has 1 amide bonds. The molecule has 6 nitrogen and oxygen atoms in total. The van der Waals surface area contributed by atoms with Crippen LogP contribution in [0.4, 0.5) is 0 Å². The van der Waals surface area contributed by atoms with Gasteiger partial charge in [0.15, 0.2) is 5.76 Å². The van der Waals surface area contributed by atoms with Crippen LogP contribution < -0.4 is 4.72 Å². The Hall–Kier alpha value is -4.67. The van der Waals surface area contributed by atoms with Crippen LogP contribution in [0.3, 0.4) is 0 Å². The maximum absolute atomic E-state index is 13.1. The van der Waals surface area contributed by atoms with Gasteiger partial charge >= 0.3 is 5.91 Å². The van der Waals surface area contributed by atoms with Gasteiger partial charge in [-0.25, -0.2) is 13.1 Å². The molecule has 35 heavy (non-hydrogen) atoms. The topological polar surface area (TPSA) is 100 Å². The molecule has 7 heteroatoms. The number of sulfonamides is 1. The molecule has 170 valence electrons. The first-order chi connectivity index (χ1) is 16.9. The average molecular weight is 479 g/mol. The van der Waals surface area contributed by atoms with Crippen LogP contribution in [-0.4, -0.2) is 14.3 Å². The number of carbonyl (C=O) groups excluding carboxylic acids is 1. The molecular weight excluding hydrogens is 460 g/mol. The lowest BCUT2D eigenvalue weighted by atomic mass is 10.0.